The van der Waals surface area contributed by atoms with Crippen LogP contribution >= 0.6 is 0 Å². The Bertz CT molecular complexity index is 1100. The van der Waals surface area contributed by atoms with Crippen molar-refractivity contribution in [3.05, 3.63) is 71.3 Å². The summed E-state index contributed by atoms with van der Waals surface area (Å²) >= 11 is 0. The summed E-state index contributed by atoms with van der Waals surface area (Å²) in [6.07, 6.45) is 1.49. The van der Waals surface area contributed by atoms with E-state index in [1.54, 1.807) is 18.2 Å². The molecule has 1 N–H and O–H groups in total. The van der Waals surface area contributed by atoms with Gasteiger partial charge in [0.2, 0.25) is 0 Å². The van der Waals surface area contributed by atoms with Crippen LogP contribution in [0.15, 0.2) is 64.6 Å². The molecule has 0 saturated carbocycles. The summed E-state index contributed by atoms with van der Waals surface area (Å²) in [5.74, 6) is -1.16. The summed E-state index contributed by atoms with van der Waals surface area (Å²) in [6, 6.07) is 15.2. The fourth-order valence-electron chi connectivity index (χ4n) is 2.80. The Morgan fingerprint density at radius 2 is 1.76 bits per heavy atom. The normalized spacial score (nSPS) is 12.7. The number of rotatable bonds is 5. The van der Waals surface area contributed by atoms with Crippen LogP contribution in [0.2, 0.25) is 0 Å². The van der Waals surface area contributed by atoms with Gasteiger partial charge >= 0.3 is 57.4 Å². The van der Waals surface area contributed by atoms with Gasteiger partial charge in [-0.15, -0.1) is 5.75 Å². The Kier molecular flexibility index (Phi) is 8.18. The fourth-order valence-corrected chi connectivity index (χ4v) is 2.80. The number of benzene rings is 2. The summed E-state index contributed by atoms with van der Waals surface area (Å²) in [6.45, 7) is 3.39. The summed E-state index contributed by atoms with van der Waals surface area (Å²) < 4.78 is 3.67. The molecule has 0 aliphatic heterocycles. The van der Waals surface area contributed by atoms with E-state index in [-0.39, 0.29) is 57.1 Å². The average Bonchev–Trinajstić information content (AvgIpc) is 2.92. The first-order valence-corrected chi connectivity index (χ1v) is 8.81. The Morgan fingerprint density at radius 3 is 2.38 bits per heavy atom. The third kappa shape index (κ3) is 5.15. The molecule has 7 nitrogen and oxygen atoms in total. The van der Waals surface area contributed by atoms with Crippen molar-refractivity contribution in [1.82, 2.24) is 9.36 Å². The van der Waals surface area contributed by atoms with Gasteiger partial charge in [-0.1, -0.05) is 42.5 Å². The predicted octanol–water partition coefficient (Wildman–Crippen LogP) is -0.674. The second-order valence-corrected chi connectivity index (χ2v) is 6.37. The van der Waals surface area contributed by atoms with Crippen LogP contribution in [0.3, 0.4) is 0 Å². The van der Waals surface area contributed by atoms with Gasteiger partial charge in [-0.05, 0) is 31.5 Å². The van der Waals surface area contributed by atoms with Crippen LogP contribution < -0.4 is 62.0 Å². The number of aliphatic imine (C=N–C) groups is 1. The number of hydrogen-bond acceptors (Lipinski definition) is 4. The number of aliphatic carboxylic acids is 1. The van der Waals surface area contributed by atoms with Gasteiger partial charge in [0.25, 0.3) is 0 Å². The predicted molar refractivity (Wildman–Crippen MR) is 105 cm³/mol. The number of para-hydroxylation sites is 2. The summed E-state index contributed by atoms with van der Waals surface area (Å²) in [5, 5.41) is 21.3. The number of carboxylic acids is 1. The second-order valence-electron chi connectivity index (χ2n) is 6.37. The minimum Gasteiger partial charge on any atom is -0.872 e. The topological polar surface area (TPSA) is 94.9 Å². The molecule has 0 radical (unpaired) electrons. The molecular formula is C21H21KN4O3. The maximum Gasteiger partial charge on any atom is 1.00 e. The van der Waals surface area contributed by atoms with Crippen molar-refractivity contribution < 1.29 is 66.4 Å². The van der Waals surface area contributed by atoms with Crippen LogP contribution in [0.25, 0.3) is 5.69 Å². The van der Waals surface area contributed by atoms with Crippen LogP contribution in [-0.2, 0) is 11.8 Å². The van der Waals surface area contributed by atoms with E-state index < -0.39 is 12.0 Å². The molecule has 1 atom stereocenters. The molecule has 8 heteroatoms. The summed E-state index contributed by atoms with van der Waals surface area (Å²) in [4.78, 5) is 20.3. The number of hydrogen-bond donors (Lipinski definition) is 1. The third-order valence-electron chi connectivity index (χ3n) is 4.47. The van der Waals surface area contributed by atoms with Crippen molar-refractivity contribution in [2.45, 2.75) is 19.9 Å². The molecule has 3 aromatic rings. The molecule has 0 saturated heterocycles. The molecule has 3 rings (SSSR count). The third-order valence-corrected chi connectivity index (χ3v) is 4.47. The van der Waals surface area contributed by atoms with Crippen LogP contribution in [0, 0.1) is 6.92 Å². The SMILES string of the molecule is Cc1c(N=Cc2ccccc2[O-])c(=N[C@@H](C)C(=O)O)n(-c2ccccc2)n1C.[K+]. The molecule has 0 unspecified atom stereocenters. The van der Waals surface area contributed by atoms with E-state index in [0.29, 0.717) is 16.7 Å². The largest absolute Gasteiger partial charge is 1.00 e. The number of aromatic nitrogens is 2. The van der Waals surface area contributed by atoms with Gasteiger partial charge in [0.1, 0.15) is 11.7 Å². The molecule has 1 heterocycles. The minimum absolute atomic E-state index is 0. The van der Waals surface area contributed by atoms with E-state index in [0.717, 1.165) is 11.4 Å². The van der Waals surface area contributed by atoms with Crippen molar-refractivity contribution in [2.75, 3.05) is 0 Å². The second kappa shape index (κ2) is 10.2. The summed E-state index contributed by atoms with van der Waals surface area (Å²) in [7, 11) is 1.85. The van der Waals surface area contributed by atoms with Gasteiger partial charge in [-0.25, -0.2) is 14.5 Å². The first-order valence-electron chi connectivity index (χ1n) is 8.81. The molecule has 1 aromatic heterocycles. The van der Waals surface area contributed by atoms with Gasteiger partial charge in [0.05, 0.1) is 11.4 Å². The van der Waals surface area contributed by atoms with Crippen LogP contribution in [0.1, 0.15) is 18.2 Å². The zero-order chi connectivity index (χ0) is 20.3. The van der Waals surface area contributed by atoms with E-state index >= 15 is 0 Å². The van der Waals surface area contributed by atoms with Crippen LogP contribution in [-0.4, -0.2) is 32.7 Å². The average molecular weight is 417 g/mol. The number of nitrogens with zero attached hydrogens (tertiary/aromatic N) is 4. The monoisotopic (exact) mass is 416 g/mol. The Morgan fingerprint density at radius 1 is 1.14 bits per heavy atom. The van der Waals surface area contributed by atoms with Gasteiger partial charge in [-0.2, -0.15) is 0 Å². The van der Waals surface area contributed by atoms with E-state index in [9.17, 15) is 15.0 Å². The van der Waals surface area contributed by atoms with E-state index in [1.807, 2.05) is 53.7 Å². The molecule has 0 aliphatic carbocycles. The van der Waals surface area contributed by atoms with E-state index in [2.05, 4.69) is 9.98 Å². The quantitative estimate of drug-likeness (QED) is 0.441. The first-order chi connectivity index (χ1) is 13.4. The molecule has 0 aliphatic rings. The van der Waals surface area contributed by atoms with E-state index in [1.165, 1.54) is 19.2 Å². The zero-order valence-electron chi connectivity index (χ0n) is 16.9. The van der Waals surface area contributed by atoms with Crippen molar-refractivity contribution in [3.8, 4) is 11.4 Å². The Balaban J connectivity index is 0.00000300. The molecule has 2 aromatic carbocycles. The van der Waals surface area contributed by atoms with Gasteiger partial charge < -0.3 is 10.2 Å². The molecule has 144 valence electrons. The van der Waals surface area contributed by atoms with Gasteiger partial charge in [0.15, 0.2) is 5.49 Å². The van der Waals surface area contributed by atoms with Crippen molar-refractivity contribution in [1.29, 1.82) is 0 Å². The Labute approximate surface area is 211 Å². The fraction of sp³-hybridized carbons (Fsp3) is 0.190. The van der Waals surface area contributed by atoms with Crippen molar-refractivity contribution in [2.24, 2.45) is 17.0 Å². The molecule has 0 amide bonds. The zero-order valence-corrected chi connectivity index (χ0v) is 20.0. The first kappa shape index (κ1) is 23.3. The standard InChI is InChI=1S/C21H22N4O3.K/c1-14(21(27)28)23-20-19(22-13-16-9-7-8-12-18(16)26)15(2)24(3)25(20)17-10-5-4-6-11-17;/h4-14,26H,1-3H3,(H,27,28);/q;+1/p-1/t14-;/m0./s1. The molecular weight excluding hydrogens is 395 g/mol. The molecule has 0 spiro atoms. The van der Waals surface area contributed by atoms with Crippen molar-refractivity contribution in [3.63, 3.8) is 0 Å². The van der Waals surface area contributed by atoms with Crippen LogP contribution in [0.5, 0.6) is 5.75 Å². The van der Waals surface area contributed by atoms with Crippen LogP contribution in [0.4, 0.5) is 5.69 Å². The molecule has 0 fully saturated rings. The number of carbonyl (C=O) groups is 1. The van der Waals surface area contributed by atoms with Crippen molar-refractivity contribution >= 4 is 17.9 Å². The van der Waals surface area contributed by atoms with Gasteiger partial charge in [0, 0.05) is 13.3 Å². The maximum atomic E-state index is 12.0. The number of carboxylic acid groups (broad SMARTS) is 1. The van der Waals surface area contributed by atoms with Gasteiger partial charge in [-0.3, -0.25) is 9.67 Å². The summed E-state index contributed by atoms with van der Waals surface area (Å²) in [5.41, 5.74) is 3.01. The molecule has 29 heavy (non-hydrogen) atoms. The van der Waals surface area contributed by atoms with E-state index in [4.69, 9.17) is 0 Å². The maximum absolute atomic E-state index is 12.0. The smallest absolute Gasteiger partial charge is 0.872 e. The minimum atomic E-state index is -1.03. The molecule has 0 bridgehead atoms. The Hall–Kier alpha value is -1.97.